The molecule has 0 aromatic carbocycles. The monoisotopic (exact) mass is 259 g/mol. The highest BCUT2D eigenvalue weighted by molar-refractivity contribution is 5.82. The van der Waals surface area contributed by atoms with Crippen molar-refractivity contribution in [3.63, 3.8) is 0 Å². The van der Waals surface area contributed by atoms with Crippen molar-refractivity contribution in [1.29, 1.82) is 0 Å². The van der Waals surface area contributed by atoms with Crippen molar-refractivity contribution in [3.8, 4) is 0 Å². The first kappa shape index (κ1) is 16.7. The highest BCUT2D eigenvalue weighted by atomic mass is 16.6. The van der Waals surface area contributed by atoms with Crippen LogP contribution in [0.15, 0.2) is 0 Å². The van der Waals surface area contributed by atoms with Gasteiger partial charge in [0, 0.05) is 6.04 Å². The Bertz CT molecular complexity index is 248. The molecule has 0 unspecified atom stereocenters. The van der Waals surface area contributed by atoms with E-state index < -0.39 is 12.1 Å². The van der Waals surface area contributed by atoms with E-state index in [1.807, 2.05) is 27.7 Å². The number of hydrogen-bond donors (Lipinski definition) is 0. The summed E-state index contributed by atoms with van der Waals surface area (Å²) in [5.41, 5.74) is 0. The predicted molar refractivity (Wildman–Crippen MR) is 69.3 cm³/mol. The molecule has 0 heterocycles. The van der Waals surface area contributed by atoms with Crippen LogP contribution < -0.4 is 0 Å². The molecule has 106 valence electrons. The third kappa shape index (κ3) is 4.55. The SMILES string of the molecule is CCOC(=O)[C@H](C(C)C)N(C(=O)OCC)C(C)C. The second kappa shape index (κ2) is 7.95. The minimum absolute atomic E-state index is 0.0316. The third-order valence-corrected chi connectivity index (χ3v) is 2.49. The Kier molecular flexibility index (Phi) is 7.39. The standard InChI is InChI=1S/C13H25NO4/c1-7-17-12(15)11(9(3)4)14(10(5)6)13(16)18-8-2/h9-11H,7-8H2,1-6H3/t11-/m0/s1. The molecular weight excluding hydrogens is 234 g/mol. The van der Waals surface area contributed by atoms with E-state index in [1.165, 1.54) is 4.90 Å². The fourth-order valence-electron chi connectivity index (χ4n) is 1.78. The molecule has 5 nitrogen and oxygen atoms in total. The van der Waals surface area contributed by atoms with Gasteiger partial charge in [0.05, 0.1) is 13.2 Å². The van der Waals surface area contributed by atoms with E-state index in [0.29, 0.717) is 6.61 Å². The summed E-state index contributed by atoms with van der Waals surface area (Å²) < 4.78 is 10.0. The molecule has 0 saturated carbocycles. The largest absolute Gasteiger partial charge is 0.464 e. The highest BCUT2D eigenvalue weighted by Gasteiger charge is 2.36. The molecule has 0 fully saturated rings. The minimum Gasteiger partial charge on any atom is -0.464 e. The zero-order valence-corrected chi connectivity index (χ0v) is 12.2. The van der Waals surface area contributed by atoms with Crippen LogP contribution in [-0.2, 0) is 14.3 Å². The quantitative estimate of drug-likeness (QED) is 0.687. The summed E-state index contributed by atoms with van der Waals surface area (Å²) in [6.45, 7) is 11.6. The molecule has 0 aliphatic heterocycles. The van der Waals surface area contributed by atoms with E-state index >= 15 is 0 Å². The van der Waals surface area contributed by atoms with Crippen molar-refractivity contribution >= 4 is 12.1 Å². The first-order valence-electron chi connectivity index (χ1n) is 6.48. The topological polar surface area (TPSA) is 55.8 Å². The van der Waals surface area contributed by atoms with Gasteiger partial charge in [-0.2, -0.15) is 0 Å². The van der Waals surface area contributed by atoms with Crippen molar-refractivity contribution in [2.45, 2.75) is 53.6 Å². The van der Waals surface area contributed by atoms with E-state index in [2.05, 4.69) is 0 Å². The fourth-order valence-corrected chi connectivity index (χ4v) is 1.78. The summed E-state index contributed by atoms with van der Waals surface area (Å²) in [6, 6.07) is -0.732. The van der Waals surface area contributed by atoms with E-state index in [1.54, 1.807) is 13.8 Å². The summed E-state index contributed by atoms with van der Waals surface area (Å²) >= 11 is 0. The number of nitrogens with zero attached hydrogens (tertiary/aromatic N) is 1. The van der Waals surface area contributed by atoms with Crippen LogP contribution in [0.5, 0.6) is 0 Å². The van der Waals surface area contributed by atoms with Crippen LogP contribution in [0.2, 0.25) is 0 Å². The maximum absolute atomic E-state index is 12.0. The molecule has 0 aliphatic carbocycles. The molecule has 0 aromatic heterocycles. The Morgan fingerprint density at radius 3 is 1.83 bits per heavy atom. The number of carbonyl (C=O) groups excluding carboxylic acids is 2. The van der Waals surface area contributed by atoms with E-state index in [4.69, 9.17) is 9.47 Å². The van der Waals surface area contributed by atoms with Crippen LogP contribution in [0.3, 0.4) is 0 Å². The van der Waals surface area contributed by atoms with Gasteiger partial charge < -0.3 is 9.47 Å². The Labute approximate surface area is 109 Å². The van der Waals surface area contributed by atoms with Gasteiger partial charge in [0.1, 0.15) is 6.04 Å². The molecule has 1 atom stereocenters. The van der Waals surface area contributed by atoms with Gasteiger partial charge in [-0.3, -0.25) is 4.90 Å². The van der Waals surface area contributed by atoms with Crippen LogP contribution >= 0.6 is 0 Å². The average Bonchev–Trinajstić information content (AvgIpc) is 2.24. The second-order valence-corrected chi connectivity index (χ2v) is 4.64. The number of amides is 1. The Morgan fingerprint density at radius 2 is 1.50 bits per heavy atom. The second-order valence-electron chi connectivity index (χ2n) is 4.64. The number of ether oxygens (including phenoxy) is 2. The van der Waals surface area contributed by atoms with Gasteiger partial charge in [-0.05, 0) is 33.6 Å². The summed E-state index contributed by atoms with van der Waals surface area (Å²) in [6.07, 6.45) is -0.473. The summed E-state index contributed by atoms with van der Waals surface area (Å²) in [5.74, 6) is -0.412. The Hall–Kier alpha value is -1.26. The van der Waals surface area contributed by atoms with Crippen molar-refractivity contribution < 1.29 is 19.1 Å². The molecule has 0 bridgehead atoms. The average molecular weight is 259 g/mol. The predicted octanol–water partition coefficient (Wildman–Crippen LogP) is 2.44. The molecule has 0 rings (SSSR count). The molecule has 1 amide bonds. The van der Waals surface area contributed by atoms with Crippen LogP contribution in [0.25, 0.3) is 0 Å². The lowest BCUT2D eigenvalue weighted by Crippen LogP contribution is -2.52. The molecular formula is C13H25NO4. The first-order valence-corrected chi connectivity index (χ1v) is 6.48. The number of carbonyl (C=O) groups is 2. The molecule has 0 saturated heterocycles. The van der Waals surface area contributed by atoms with Gasteiger partial charge in [-0.15, -0.1) is 0 Å². The molecule has 18 heavy (non-hydrogen) atoms. The van der Waals surface area contributed by atoms with Crippen molar-refractivity contribution in [2.75, 3.05) is 13.2 Å². The van der Waals surface area contributed by atoms with Crippen molar-refractivity contribution in [3.05, 3.63) is 0 Å². The lowest BCUT2D eigenvalue weighted by molar-refractivity contribution is -0.151. The van der Waals surface area contributed by atoms with Crippen molar-refractivity contribution in [1.82, 2.24) is 4.90 Å². The zero-order chi connectivity index (χ0) is 14.3. The summed E-state index contributed by atoms with van der Waals surface area (Å²) in [7, 11) is 0. The van der Waals surface area contributed by atoms with Gasteiger partial charge in [0.15, 0.2) is 0 Å². The molecule has 0 N–H and O–H groups in total. The van der Waals surface area contributed by atoms with E-state index in [-0.39, 0.29) is 24.5 Å². The zero-order valence-electron chi connectivity index (χ0n) is 12.2. The minimum atomic E-state index is -0.607. The lowest BCUT2D eigenvalue weighted by Gasteiger charge is -2.34. The number of hydrogen-bond acceptors (Lipinski definition) is 4. The van der Waals surface area contributed by atoms with Gasteiger partial charge in [-0.1, -0.05) is 13.8 Å². The van der Waals surface area contributed by atoms with E-state index in [0.717, 1.165) is 0 Å². The number of rotatable bonds is 6. The van der Waals surface area contributed by atoms with Crippen LogP contribution in [0.1, 0.15) is 41.5 Å². The summed E-state index contributed by atoms with van der Waals surface area (Å²) in [4.78, 5) is 25.4. The lowest BCUT2D eigenvalue weighted by atomic mass is 10.0. The van der Waals surface area contributed by atoms with Gasteiger partial charge >= 0.3 is 12.1 Å². The molecule has 0 aromatic rings. The van der Waals surface area contributed by atoms with Gasteiger partial charge in [0.2, 0.25) is 0 Å². The smallest absolute Gasteiger partial charge is 0.410 e. The van der Waals surface area contributed by atoms with Crippen LogP contribution in [-0.4, -0.2) is 42.3 Å². The van der Waals surface area contributed by atoms with E-state index in [9.17, 15) is 9.59 Å². The third-order valence-electron chi connectivity index (χ3n) is 2.49. The molecule has 5 heteroatoms. The molecule has 0 radical (unpaired) electrons. The fraction of sp³-hybridized carbons (Fsp3) is 0.846. The van der Waals surface area contributed by atoms with Gasteiger partial charge in [-0.25, -0.2) is 9.59 Å². The summed E-state index contributed by atoms with van der Waals surface area (Å²) in [5, 5.41) is 0. The normalized spacial score (nSPS) is 12.4. The van der Waals surface area contributed by atoms with Crippen LogP contribution in [0, 0.1) is 5.92 Å². The number of esters is 1. The maximum atomic E-state index is 12.0. The maximum Gasteiger partial charge on any atom is 0.410 e. The Morgan fingerprint density at radius 1 is 1.00 bits per heavy atom. The molecule has 0 spiro atoms. The highest BCUT2D eigenvalue weighted by Crippen LogP contribution is 2.17. The van der Waals surface area contributed by atoms with Gasteiger partial charge in [0.25, 0.3) is 0 Å². The van der Waals surface area contributed by atoms with Crippen molar-refractivity contribution in [2.24, 2.45) is 5.92 Å². The van der Waals surface area contributed by atoms with Crippen LogP contribution in [0.4, 0.5) is 4.79 Å². The molecule has 0 aliphatic rings. The first-order chi connectivity index (χ1) is 8.36. The Balaban J connectivity index is 5.11.